The van der Waals surface area contributed by atoms with Gasteiger partial charge >= 0.3 is 0 Å². The Morgan fingerprint density at radius 2 is 2.38 bits per heavy atom. The zero-order valence-electron chi connectivity index (χ0n) is 7.73. The predicted octanol–water partition coefficient (Wildman–Crippen LogP) is 1.10. The average molecular weight is 198 g/mol. The van der Waals surface area contributed by atoms with E-state index in [0.29, 0.717) is 0 Å². The van der Waals surface area contributed by atoms with Crippen molar-refractivity contribution in [1.82, 2.24) is 14.5 Å². The summed E-state index contributed by atoms with van der Waals surface area (Å²) in [6.45, 7) is 0.840. The van der Waals surface area contributed by atoms with Crippen LogP contribution in [0.25, 0.3) is 0 Å². The standard InChI is InChI=1S/C8H14N4S/c1-12(6-3-2-4-6)5-7-8(9)13-11-10-7/h6H,2-5,9H2,1H3. The molecule has 5 heteroatoms. The maximum absolute atomic E-state index is 5.72. The van der Waals surface area contributed by atoms with Crippen LogP contribution in [0.5, 0.6) is 0 Å². The molecule has 1 aliphatic carbocycles. The van der Waals surface area contributed by atoms with Gasteiger partial charge in [0.25, 0.3) is 0 Å². The zero-order chi connectivity index (χ0) is 9.26. The van der Waals surface area contributed by atoms with Gasteiger partial charge in [-0.15, -0.1) is 5.10 Å². The molecule has 1 heterocycles. The molecule has 2 rings (SSSR count). The van der Waals surface area contributed by atoms with E-state index in [2.05, 4.69) is 21.5 Å². The first-order valence-electron chi connectivity index (χ1n) is 4.54. The van der Waals surface area contributed by atoms with E-state index in [1.54, 1.807) is 0 Å². The van der Waals surface area contributed by atoms with Crippen molar-refractivity contribution < 1.29 is 0 Å². The van der Waals surface area contributed by atoms with Gasteiger partial charge in [0.15, 0.2) is 0 Å². The highest BCUT2D eigenvalue weighted by Gasteiger charge is 2.22. The Morgan fingerprint density at radius 3 is 2.85 bits per heavy atom. The van der Waals surface area contributed by atoms with Crippen LogP contribution in [0.2, 0.25) is 0 Å². The van der Waals surface area contributed by atoms with Crippen LogP contribution < -0.4 is 5.73 Å². The minimum atomic E-state index is 0.737. The summed E-state index contributed by atoms with van der Waals surface area (Å²) in [5, 5.41) is 4.75. The third-order valence-corrected chi connectivity index (χ3v) is 3.28. The van der Waals surface area contributed by atoms with Gasteiger partial charge in [-0.2, -0.15) is 0 Å². The molecule has 72 valence electrons. The van der Waals surface area contributed by atoms with Crippen LogP contribution in [0.4, 0.5) is 5.00 Å². The lowest BCUT2D eigenvalue weighted by molar-refractivity contribution is 0.151. The lowest BCUT2D eigenvalue weighted by atomic mass is 9.92. The fraction of sp³-hybridized carbons (Fsp3) is 0.750. The van der Waals surface area contributed by atoms with Gasteiger partial charge in [-0.3, -0.25) is 4.90 Å². The van der Waals surface area contributed by atoms with Crippen molar-refractivity contribution in [1.29, 1.82) is 0 Å². The van der Waals surface area contributed by atoms with Gasteiger partial charge in [0.05, 0.1) is 0 Å². The van der Waals surface area contributed by atoms with E-state index in [-0.39, 0.29) is 0 Å². The molecule has 1 fully saturated rings. The van der Waals surface area contributed by atoms with Crippen LogP contribution in [0.1, 0.15) is 25.0 Å². The van der Waals surface area contributed by atoms with Crippen LogP contribution in [0, 0.1) is 0 Å². The van der Waals surface area contributed by atoms with Gasteiger partial charge in [0, 0.05) is 24.1 Å². The van der Waals surface area contributed by atoms with E-state index in [1.807, 2.05) is 0 Å². The molecular formula is C8H14N4S. The number of aromatic nitrogens is 2. The van der Waals surface area contributed by atoms with Crippen LogP contribution in [-0.2, 0) is 6.54 Å². The molecule has 2 N–H and O–H groups in total. The summed E-state index contributed by atoms with van der Waals surface area (Å²) in [7, 11) is 2.13. The second kappa shape index (κ2) is 3.59. The molecule has 0 bridgehead atoms. The molecule has 0 radical (unpaired) electrons. The number of nitrogen functional groups attached to an aromatic ring is 1. The predicted molar refractivity (Wildman–Crippen MR) is 53.4 cm³/mol. The molecule has 0 spiro atoms. The molecule has 1 saturated carbocycles. The van der Waals surface area contributed by atoms with Gasteiger partial charge in [-0.1, -0.05) is 10.9 Å². The normalized spacial score (nSPS) is 17.7. The van der Waals surface area contributed by atoms with Crippen molar-refractivity contribution in [3.05, 3.63) is 5.69 Å². The Hall–Kier alpha value is -0.680. The number of nitrogens with zero attached hydrogens (tertiary/aromatic N) is 3. The van der Waals surface area contributed by atoms with Crippen molar-refractivity contribution in [3.63, 3.8) is 0 Å². The van der Waals surface area contributed by atoms with E-state index in [4.69, 9.17) is 5.73 Å². The van der Waals surface area contributed by atoms with Gasteiger partial charge in [0.2, 0.25) is 0 Å². The quantitative estimate of drug-likeness (QED) is 0.790. The number of hydrogen-bond acceptors (Lipinski definition) is 5. The third-order valence-electron chi connectivity index (χ3n) is 2.68. The highest BCUT2D eigenvalue weighted by molar-refractivity contribution is 7.09. The van der Waals surface area contributed by atoms with Crippen molar-refractivity contribution in [3.8, 4) is 0 Å². The first-order valence-corrected chi connectivity index (χ1v) is 5.31. The summed E-state index contributed by atoms with van der Waals surface area (Å²) in [6, 6.07) is 0.737. The van der Waals surface area contributed by atoms with Crippen molar-refractivity contribution >= 4 is 16.5 Å². The monoisotopic (exact) mass is 198 g/mol. The van der Waals surface area contributed by atoms with E-state index in [1.165, 1.54) is 30.8 Å². The van der Waals surface area contributed by atoms with Crippen molar-refractivity contribution in [2.24, 2.45) is 0 Å². The smallest absolute Gasteiger partial charge is 0.132 e. The average Bonchev–Trinajstić information content (AvgIpc) is 2.32. The molecule has 0 amide bonds. The molecule has 4 nitrogen and oxygen atoms in total. The molecular weight excluding hydrogens is 184 g/mol. The summed E-state index contributed by atoms with van der Waals surface area (Å²) in [6.07, 6.45) is 3.99. The first-order chi connectivity index (χ1) is 6.27. The van der Waals surface area contributed by atoms with Gasteiger partial charge in [-0.05, 0) is 19.9 Å². The van der Waals surface area contributed by atoms with Crippen molar-refractivity contribution in [2.75, 3.05) is 12.8 Å². The van der Waals surface area contributed by atoms with Crippen LogP contribution in [0.3, 0.4) is 0 Å². The SMILES string of the molecule is CN(Cc1nnsc1N)C1CCC1. The van der Waals surface area contributed by atoms with Crippen LogP contribution >= 0.6 is 11.5 Å². The summed E-state index contributed by atoms with van der Waals surface area (Å²) in [4.78, 5) is 2.32. The molecule has 0 atom stereocenters. The maximum atomic E-state index is 5.72. The Bertz CT molecular complexity index is 281. The summed E-state index contributed by atoms with van der Waals surface area (Å²) in [5.41, 5.74) is 6.65. The molecule has 1 aliphatic rings. The summed E-state index contributed by atoms with van der Waals surface area (Å²) in [5.74, 6) is 0. The second-order valence-electron chi connectivity index (χ2n) is 3.58. The van der Waals surface area contributed by atoms with Crippen molar-refractivity contribution in [2.45, 2.75) is 31.8 Å². The lowest BCUT2D eigenvalue weighted by Crippen LogP contribution is -2.36. The number of hydrogen-bond donors (Lipinski definition) is 1. The molecule has 1 aromatic heterocycles. The molecule has 0 unspecified atom stereocenters. The Labute approximate surface area is 81.9 Å². The second-order valence-corrected chi connectivity index (χ2v) is 4.37. The molecule has 1 aromatic rings. The maximum Gasteiger partial charge on any atom is 0.132 e. The van der Waals surface area contributed by atoms with E-state index in [9.17, 15) is 0 Å². The van der Waals surface area contributed by atoms with E-state index in [0.717, 1.165) is 23.3 Å². The van der Waals surface area contributed by atoms with E-state index >= 15 is 0 Å². The molecule has 0 aliphatic heterocycles. The number of rotatable bonds is 3. The molecule has 0 aromatic carbocycles. The lowest BCUT2D eigenvalue weighted by Gasteiger charge is -2.34. The van der Waals surface area contributed by atoms with Gasteiger partial charge in [0.1, 0.15) is 10.7 Å². The fourth-order valence-corrected chi connectivity index (χ4v) is 1.96. The largest absolute Gasteiger partial charge is 0.388 e. The molecule has 0 saturated heterocycles. The Balaban J connectivity index is 1.93. The topological polar surface area (TPSA) is 55.0 Å². The van der Waals surface area contributed by atoms with Crippen LogP contribution in [0.15, 0.2) is 0 Å². The fourth-order valence-electron chi connectivity index (χ4n) is 1.52. The first kappa shape index (κ1) is 8.90. The van der Waals surface area contributed by atoms with Gasteiger partial charge < -0.3 is 5.73 Å². The molecule has 13 heavy (non-hydrogen) atoms. The Morgan fingerprint density at radius 1 is 1.62 bits per heavy atom. The highest BCUT2D eigenvalue weighted by Crippen LogP contribution is 2.25. The number of anilines is 1. The zero-order valence-corrected chi connectivity index (χ0v) is 8.55. The van der Waals surface area contributed by atoms with Crippen LogP contribution in [-0.4, -0.2) is 27.6 Å². The van der Waals surface area contributed by atoms with E-state index < -0.39 is 0 Å². The third kappa shape index (κ3) is 1.81. The van der Waals surface area contributed by atoms with Gasteiger partial charge in [-0.25, -0.2) is 0 Å². The summed E-state index contributed by atoms with van der Waals surface area (Å²) < 4.78 is 3.82. The summed E-state index contributed by atoms with van der Waals surface area (Å²) >= 11 is 1.27. The highest BCUT2D eigenvalue weighted by atomic mass is 32.1. The minimum absolute atomic E-state index is 0.737. The Kier molecular flexibility index (Phi) is 2.46. The number of nitrogens with two attached hydrogens (primary N) is 1. The minimum Gasteiger partial charge on any atom is -0.388 e.